The summed E-state index contributed by atoms with van der Waals surface area (Å²) in [7, 11) is 0. The topological polar surface area (TPSA) is 0 Å². The van der Waals surface area contributed by atoms with Gasteiger partial charge in [0.25, 0.3) is 0 Å². The zero-order valence-corrected chi connectivity index (χ0v) is 14.2. The number of hydrogen-bond acceptors (Lipinski definition) is 0. The highest BCUT2D eigenvalue weighted by molar-refractivity contribution is 5.63. The van der Waals surface area contributed by atoms with Gasteiger partial charge < -0.3 is 0 Å². The average Bonchev–Trinajstić information content (AvgIpc) is 2.47. The predicted octanol–water partition coefficient (Wildman–Crippen LogP) is 6.68. The molecular weight excluding hydrogens is 228 g/mol. The van der Waals surface area contributed by atoms with Gasteiger partial charge in [0.2, 0.25) is 0 Å². The maximum absolute atomic E-state index is 2.22. The Labute approximate surface area is 121 Å². The van der Waals surface area contributed by atoms with Gasteiger partial charge in [-0.05, 0) is 49.4 Å². The first kappa shape index (κ1) is 20.0. The molecule has 0 aliphatic rings. The Morgan fingerprint density at radius 1 is 0.842 bits per heavy atom. The van der Waals surface area contributed by atoms with Crippen LogP contribution in [-0.2, 0) is 6.42 Å². The number of benzene rings is 1. The van der Waals surface area contributed by atoms with Crippen LogP contribution in [0.25, 0.3) is 12.2 Å². The first-order valence-electron chi connectivity index (χ1n) is 7.62. The molecule has 0 aromatic heterocycles. The highest BCUT2D eigenvalue weighted by Gasteiger charge is 2.04. The minimum atomic E-state index is 1.09. The van der Waals surface area contributed by atoms with Crippen molar-refractivity contribution in [3.8, 4) is 0 Å². The summed E-state index contributed by atoms with van der Waals surface area (Å²) < 4.78 is 0. The minimum Gasteiger partial charge on any atom is -0.0871 e. The van der Waals surface area contributed by atoms with Gasteiger partial charge in [-0.1, -0.05) is 71.1 Å². The molecule has 0 aliphatic carbocycles. The van der Waals surface area contributed by atoms with Crippen LogP contribution in [-0.4, -0.2) is 0 Å². The van der Waals surface area contributed by atoms with Crippen molar-refractivity contribution >= 4 is 12.2 Å². The third-order valence-corrected chi connectivity index (χ3v) is 2.72. The van der Waals surface area contributed by atoms with E-state index in [1.54, 1.807) is 0 Å². The lowest BCUT2D eigenvalue weighted by Gasteiger charge is -2.11. The zero-order valence-electron chi connectivity index (χ0n) is 14.2. The monoisotopic (exact) mass is 260 g/mol. The second-order valence-corrected chi connectivity index (χ2v) is 3.70. The van der Waals surface area contributed by atoms with Gasteiger partial charge in [-0.15, -0.1) is 0 Å². The van der Waals surface area contributed by atoms with Gasteiger partial charge in [0, 0.05) is 0 Å². The molecule has 0 radical (unpaired) electrons. The third-order valence-electron chi connectivity index (χ3n) is 2.72. The largest absolute Gasteiger partial charge is 0.0871 e. The van der Waals surface area contributed by atoms with Gasteiger partial charge in [0.15, 0.2) is 0 Å². The van der Waals surface area contributed by atoms with Crippen LogP contribution in [0.3, 0.4) is 0 Å². The van der Waals surface area contributed by atoms with Crippen molar-refractivity contribution in [2.45, 2.75) is 61.8 Å². The number of allylic oxidation sites excluding steroid dienone is 2. The van der Waals surface area contributed by atoms with E-state index in [2.05, 4.69) is 64.1 Å². The SMILES string of the molecule is C/C=C\c1ccc(/C=C\C)c(CC)c1C.CC.CC. The summed E-state index contributed by atoms with van der Waals surface area (Å²) in [6, 6.07) is 4.41. The Bertz CT molecular complexity index is 381. The highest BCUT2D eigenvalue weighted by atomic mass is 14.1. The molecule has 108 valence electrons. The van der Waals surface area contributed by atoms with Crippen molar-refractivity contribution in [2.75, 3.05) is 0 Å². The second-order valence-electron chi connectivity index (χ2n) is 3.70. The van der Waals surface area contributed by atoms with Crippen LogP contribution in [0.5, 0.6) is 0 Å². The normalized spacial score (nSPS) is 9.89. The van der Waals surface area contributed by atoms with E-state index in [4.69, 9.17) is 0 Å². The van der Waals surface area contributed by atoms with E-state index in [9.17, 15) is 0 Å². The molecule has 0 atom stereocenters. The Kier molecular flexibility index (Phi) is 13.8. The van der Waals surface area contributed by atoms with Gasteiger partial charge >= 0.3 is 0 Å². The zero-order chi connectivity index (χ0) is 15.3. The standard InChI is InChI=1S/C15H20.2C2H6/c1-5-8-13-10-11-14(9-6-2)15(7-3)12(13)4;2*1-2/h5-6,8-11H,7H2,1-4H3;2*1-2H3/b8-5-,9-6-;;. The Hall–Kier alpha value is -1.30. The molecule has 19 heavy (non-hydrogen) atoms. The summed E-state index contributed by atoms with van der Waals surface area (Å²) in [6.45, 7) is 16.6. The summed E-state index contributed by atoms with van der Waals surface area (Å²) in [5, 5.41) is 0. The van der Waals surface area contributed by atoms with Gasteiger partial charge in [0.1, 0.15) is 0 Å². The molecule has 1 rings (SSSR count). The number of hydrogen-bond donors (Lipinski definition) is 0. The minimum absolute atomic E-state index is 1.09. The Balaban J connectivity index is 0. The molecule has 0 spiro atoms. The van der Waals surface area contributed by atoms with Crippen LogP contribution in [0.2, 0.25) is 0 Å². The van der Waals surface area contributed by atoms with E-state index in [1.165, 1.54) is 22.3 Å². The van der Waals surface area contributed by atoms with Gasteiger partial charge in [-0.3, -0.25) is 0 Å². The number of rotatable bonds is 3. The predicted molar refractivity (Wildman–Crippen MR) is 92.7 cm³/mol. The van der Waals surface area contributed by atoms with Crippen LogP contribution in [0.4, 0.5) is 0 Å². The van der Waals surface area contributed by atoms with E-state index in [0.29, 0.717) is 0 Å². The fourth-order valence-electron chi connectivity index (χ4n) is 1.96. The molecule has 1 aromatic carbocycles. The van der Waals surface area contributed by atoms with Gasteiger partial charge in [-0.2, -0.15) is 0 Å². The summed E-state index contributed by atoms with van der Waals surface area (Å²) in [5.74, 6) is 0. The quantitative estimate of drug-likeness (QED) is 0.569. The van der Waals surface area contributed by atoms with Crippen LogP contribution in [0, 0.1) is 6.92 Å². The molecule has 0 aliphatic heterocycles. The van der Waals surface area contributed by atoms with Crippen molar-refractivity contribution in [3.05, 3.63) is 46.5 Å². The molecular formula is C19H32. The molecule has 0 fully saturated rings. The van der Waals surface area contributed by atoms with Crippen LogP contribution >= 0.6 is 0 Å². The Morgan fingerprint density at radius 3 is 1.68 bits per heavy atom. The lowest BCUT2D eigenvalue weighted by molar-refractivity contribution is 1.10. The van der Waals surface area contributed by atoms with Crippen molar-refractivity contribution < 1.29 is 0 Å². The molecule has 0 heteroatoms. The van der Waals surface area contributed by atoms with E-state index < -0.39 is 0 Å². The van der Waals surface area contributed by atoms with Gasteiger partial charge in [0.05, 0.1) is 0 Å². The summed E-state index contributed by atoms with van der Waals surface area (Å²) in [5.41, 5.74) is 5.56. The molecule has 0 saturated heterocycles. The first-order valence-corrected chi connectivity index (χ1v) is 7.62. The lowest BCUT2D eigenvalue weighted by Crippen LogP contribution is -1.94. The maximum Gasteiger partial charge on any atom is -0.0225 e. The molecule has 0 N–H and O–H groups in total. The van der Waals surface area contributed by atoms with Crippen molar-refractivity contribution in [1.29, 1.82) is 0 Å². The van der Waals surface area contributed by atoms with Crippen molar-refractivity contribution in [2.24, 2.45) is 0 Å². The maximum atomic E-state index is 2.22. The summed E-state index contributed by atoms with van der Waals surface area (Å²) in [6.07, 6.45) is 9.65. The molecule has 0 nitrogen and oxygen atoms in total. The highest BCUT2D eigenvalue weighted by Crippen LogP contribution is 2.21. The fourth-order valence-corrected chi connectivity index (χ4v) is 1.96. The summed E-state index contributed by atoms with van der Waals surface area (Å²) in [4.78, 5) is 0. The summed E-state index contributed by atoms with van der Waals surface area (Å²) >= 11 is 0. The van der Waals surface area contributed by atoms with E-state index in [0.717, 1.165) is 6.42 Å². The van der Waals surface area contributed by atoms with E-state index in [1.807, 2.05) is 27.7 Å². The van der Waals surface area contributed by atoms with Crippen LogP contribution in [0.15, 0.2) is 24.3 Å². The van der Waals surface area contributed by atoms with Crippen LogP contribution < -0.4 is 0 Å². The Morgan fingerprint density at radius 2 is 1.26 bits per heavy atom. The third kappa shape index (κ3) is 6.42. The van der Waals surface area contributed by atoms with E-state index in [-0.39, 0.29) is 0 Å². The van der Waals surface area contributed by atoms with Crippen molar-refractivity contribution in [3.63, 3.8) is 0 Å². The van der Waals surface area contributed by atoms with E-state index >= 15 is 0 Å². The first-order chi connectivity index (χ1) is 9.24. The fraction of sp³-hybridized carbons (Fsp3) is 0.474. The molecule has 0 amide bonds. The molecule has 0 unspecified atom stereocenters. The molecule has 0 bridgehead atoms. The average molecular weight is 260 g/mol. The van der Waals surface area contributed by atoms with Crippen LogP contribution in [0.1, 0.15) is 70.7 Å². The lowest BCUT2D eigenvalue weighted by atomic mass is 9.94. The molecule has 0 heterocycles. The second kappa shape index (κ2) is 13.1. The van der Waals surface area contributed by atoms with Crippen molar-refractivity contribution in [1.82, 2.24) is 0 Å². The molecule has 0 saturated carbocycles. The molecule has 1 aromatic rings. The smallest absolute Gasteiger partial charge is 0.0225 e. The van der Waals surface area contributed by atoms with Gasteiger partial charge in [-0.25, -0.2) is 0 Å².